The van der Waals surface area contributed by atoms with Crippen LogP contribution < -0.4 is 5.32 Å². The number of aromatic nitrogens is 1. The van der Waals surface area contributed by atoms with Gasteiger partial charge in [0.05, 0.1) is 5.69 Å². The van der Waals surface area contributed by atoms with E-state index in [1.807, 2.05) is 17.4 Å². The van der Waals surface area contributed by atoms with Crippen molar-refractivity contribution in [1.82, 2.24) is 10.3 Å². The Kier molecular flexibility index (Phi) is 5.75. The van der Waals surface area contributed by atoms with E-state index in [1.165, 1.54) is 16.1 Å². The van der Waals surface area contributed by atoms with Crippen LogP contribution in [-0.2, 0) is 13.0 Å². The second kappa shape index (κ2) is 7.34. The van der Waals surface area contributed by atoms with Crippen molar-refractivity contribution < 1.29 is 0 Å². The fourth-order valence-corrected chi connectivity index (χ4v) is 3.51. The van der Waals surface area contributed by atoms with Crippen LogP contribution in [0.25, 0.3) is 10.6 Å². The normalized spacial score (nSPS) is 11.2. The van der Waals surface area contributed by atoms with Crippen molar-refractivity contribution in [2.24, 2.45) is 5.92 Å². The highest BCUT2D eigenvalue weighted by molar-refractivity contribution is 9.10. The molecule has 0 amide bonds. The van der Waals surface area contributed by atoms with E-state index < -0.39 is 0 Å². The molecule has 0 aliphatic heterocycles. The molecule has 0 saturated heterocycles. The van der Waals surface area contributed by atoms with Crippen LogP contribution in [0.2, 0.25) is 0 Å². The molecule has 0 spiro atoms. The first-order valence-corrected chi connectivity index (χ1v) is 8.66. The SMILES string of the molecule is CCNCc1sc(-c2cccc(Br)c2)nc1CC(C)C. The van der Waals surface area contributed by atoms with E-state index in [-0.39, 0.29) is 0 Å². The summed E-state index contributed by atoms with van der Waals surface area (Å²) in [6.07, 6.45) is 1.05. The van der Waals surface area contributed by atoms with Gasteiger partial charge in [-0.2, -0.15) is 0 Å². The minimum atomic E-state index is 0.632. The van der Waals surface area contributed by atoms with Crippen molar-refractivity contribution in [3.05, 3.63) is 39.3 Å². The third-order valence-corrected chi connectivity index (χ3v) is 4.63. The highest BCUT2D eigenvalue weighted by Crippen LogP contribution is 2.30. The molecule has 0 unspecified atom stereocenters. The molecule has 1 heterocycles. The number of thiazole rings is 1. The topological polar surface area (TPSA) is 24.9 Å². The average molecular weight is 353 g/mol. The number of nitrogens with zero attached hydrogens (tertiary/aromatic N) is 1. The third kappa shape index (κ3) is 4.14. The molecule has 0 atom stereocenters. The van der Waals surface area contributed by atoms with Crippen molar-refractivity contribution in [2.45, 2.75) is 33.7 Å². The van der Waals surface area contributed by atoms with E-state index in [2.05, 4.69) is 60.2 Å². The molecular weight excluding hydrogens is 332 g/mol. The molecule has 0 aliphatic carbocycles. The van der Waals surface area contributed by atoms with E-state index >= 15 is 0 Å². The molecule has 20 heavy (non-hydrogen) atoms. The summed E-state index contributed by atoms with van der Waals surface area (Å²) in [5.74, 6) is 0.632. The molecule has 0 radical (unpaired) electrons. The Bertz CT molecular complexity index is 563. The van der Waals surface area contributed by atoms with E-state index in [9.17, 15) is 0 Å². The second-order valence-corrected chi connectivity index (χ2v) is 7.28. The van der Waals surface area contributed by atoms with Crippen LogP contribution in [0, 0.1) is 5.92 Å². The van der Waals surface area contributed by atoms with Crippen LogP contribution in [0.1, 0.15) is 31.3 Å². The monoisotopic (exact) mass is 352 g/mol. The Morgan fingerprint density at radius 2 is 2.15 bits per heavy atom. The van der Waals surface area contributed by atoms with Gasteiger partial charge in [0.15, 0.2) is 0 Å². The van der Waals surface area contributed by atoms with Crippen LogP contribution in [0.4, 0.5) is 0 Å². The van der Waals surface area contributed by atoms with E-state index in [4.69, 9.17) is 4.98 Å². The summed E-state index contributed by atoms with van der Waals surface area (Å²) in [6.45, 7) is 8.54. The predicted molar refractivity (Wildman–Crippen MR) is 91.2 cm³/mol. The fourth-order valence-electron chi connectivity index (χ4n) is 2.05. The molecule has 2 rings (SSSR count). The lowest BCUT2D eigenvalue weighted by molar-refractivity contribution is 0.628. The lowest BCUT2D eigenvalue weighted by Gasteiger charge is -2.04. The zero-order chi connectivity index (χ0) is 14.5. The van der Waals surface area contributed by atoms with Crippen LogP contribution in [0.15, 0.2) is 28.7 Å². The standard InChI is InChI=1S/C16H21BrN2S/c1-4-18-10-15-14(8-11(2)3)19-16(20-15)12-6-5-7-13(17)9-12/h5-7,9,11,18H,4,8,10H2,1-3H3. The van der Waals surface area contributed by atoms with Crippen molar-refractivity contribution in [2.75, 3.05) is 6.54 Å². The zero-order valence-corrected chi connectivity index (χ0v) is 14.6. The Labute approximate surface area is 133 Å². The van der Waals surface area contributed by atoms with Gasteiger partial charge in [0, 0.05) is 21.5 Å². The maximum atomic E-state index is 4.87. The Morgan fingerprint density at radius 3 is 2.80 bits per heavy atom. The summed E-state index contributed by atoms with van der Waals surface area (Å²) >= 11 is 5.34. The van der Waals surface area contributed by atoms with Gasteiger partial charge in [-0.1, -0.05) is 48.8 Å². The van der Waals surface area contributed by atoms with Crippen LogP contribution >= 0.6 is 27.3 Å². The smallest absolute Gasteiger partial charge is 0.123 e. The zero-order valence-electron chi connectivity index (χ0n) is 12.2. The molecular formula is C16H21BrN2S. The largest absolute Gasteiger partial charge is 0.312 e. The molecule has 4 heteroatoms. The van der Waals surface area contributed by atoms with E-state index in [1.54, 1.807) is 0 Å². The molecule has 0 saturated carbocycles. The highest BCUT2D eigenvalue weighted by Gasteiger charge is 2.13. The van der Waals surface area contributed by atoms with Crippen LogP contribution in [0.3, 0.4) is 0 Å². The van der Waals surface area contributed by atoms with Gasteiger partial charge in [0.1, 0.15) is 5.01 Å². The van der Waals surface area contributed by atoms with Gasteiger partial charge in [-0.25, -0.2) is 4.98 Å². The van der Waals surface area contributed by atoms with Crippen molar-refractivity contribution >= 4 is 27.3 Å². The number of hydrogen-bond acceptors (Lipinski definition) is 3. The van der Waals surface area contributed by atoms with E-state index in [0.29, 0.717) is 5.92 Å². The third-order valence-electron chi connectivity index (χ3n) is 2.99. The Balaban J connectivity index is 2.32. The van der Waals surface area contributed by atoms with Crippen molar-refractivity contribution in [3.63, 3.8) is 0 Å². The molecule has 0 bridgehead atoms. The van der Waals surface area contributed by atoms with Gasteiger partial charge in [-0.05, 0) is 31.0 Å². The molecule has 0 aliphatic rings. The summed E-state index contributed by atoms with van der Waals surface area (Å²) < 4.78 is 1.10. The summed E-state index contributed by atoms with van der Waals surface area (Å²) in [5, 5.41) is 4.54. The van der Waals surface area contributed by atoms with Crippen LogP contribution in [0.5, 0.6) is 0 Å². The fraction of sp³-hybridized carbons (Fsp3) is 0.438. The average Bonchev–Trinajstić information content (AvgIpc) is 2.78. The highest BCUT2D eigenvalue weighted by atomic mass is 79.9. The number of rotatable bonds is 6. The van der Waals surface area contributed by atoms with Gasteiger partial charge < -0.3 is 5.32 Å². The lowest BCUT2D eigenvalue weighted by Crippen LogP contribution is -2.12. The molecule has 2 nitrogen and oxygen atoms in total. The maximum absolute atomic E-state index is 4.87. The number of nitrogens with one attached hydrogen (secondary N) is 1. The van der Waals surface area contributed by atoms with Gasteiger partial charge in [-0.3, -0.25) is 0 Å². The van der Waals surface area contributed by atoms with Gasteiger partial charge in [-0.15, -0.1) is 11.3 Å². The molecule has 0 fully saturated rings. The maximum Gasteiger partial charge on any atom is 0.123 e. The summed E-state index contributed by atoms with van der Waals surface area (Å²) in [5.41, 5.74) is 2.44. The second-order valence-electron chi connectivity index (χ2n) is 5.28. The first-order chi connectivity index (χ1) is 9.60. The van der Waals surface area contributed by atoms with Gasteiger partial charge in [0.25, 0.3) is 0 Å². The first kappa shape index (κ1) is 15.7. The predicted octanol–water partition coefficient (Wildman–Crippen LogP) is 4.88. The summed E-state index contributed by atoms with van der Waals surface area (Å²) in [7, 11) is 0. The van der Waals surface area contributed by atoms with Gasteiger partial charge in [0.2, 0.25) is 0 Å². The lowest BCUT2D eigenvalue weighted by atomic mass is 10.1. The van der Waals surface area contributed by atoms with Crippen molar-refractivity contribution in [3.8, 4) is 10.6 Å². The Morgan fingerprint density at radius 1 is 1.35 bits per heavy atom. The first-order valence-electron chi connectivity index (χ1n) is 7.05. The number of halogens is 1. The summed E-state index contributed by atoms with van der Waals surface area (Å²) in [6, 6.07) is 8.37. The molecule has 2 aromatic rings. The molecule has 1 aromatic heterocycles. The summed E-state index contributed by atoms with van der Waals surface area (Å²) in [4.78, 5) is 6.24. The van der Waals surface area contributed by atoms with E-state index in [0.717, 1.165) is 29.0 Å². The molecule has 1 N–H and O–H groups in total. The van der Waals surface area contributed by atoms with Crippen molar-refractivity contribution in [1.29, 1.82) is 0 Å². The number of benzene rings is 1. The Hall–Kier alpha value is -0.710. The number of hydrogen-bond donors (Lipinski definition) is 1. The van der Waals surface area contributed by atoms with Gasteiger partial charge >= 0.3 is 0 Å². The quantitative estimate of drug-likeness (QED) is 0.801. The minimum absolute atomic E-state index is 0.632. The van der Waals surface area contributed by atoms with Crippen LogP contribution in [-0.4, -0.2) is 11.5 Å². The minimum Gasteiger partial charge on any atom is -0.312 e. The molecule has 108 valence electrons. The molecule has 1 aromatic carbocycles.